The van der Waals surface area contributed by atoms with Gasteiger partial charge in [-0.25, -0.2) is 0 Å². The van der Waals surface area contributed by atoms with E-state index in [1.165, 1.54) is 141 Å². The Labute approximate surface area is 433 Å². The van der Waals surface area contributed by atoms with Crippen molar-refractivity contribution in [2.24, 2.45) is 0 Å². The third-order valence-electron chi connectivity index (χ3n) is 12.6. The van der Waals surface area contributed by atoms with Gasteiger partial charge in [0.15, 0.2) is 0 Å². The van der Waals surface area contributed by atoms with Crippen LogP contribution in [0.25, 0.3) is 0 Å². The van der Waals surface area contributed by atoms with Crippen LogP contribution in [-0.2, 0) is 18.4 Å². The summed E-state index contributed by atoms with van der Waals surface area (Å²) in [7, 11) is 1.23. The number of amides is 1. The van der Waals surface area contributed by atoms with Crippen molar-refractivity contribution in [3.05, 3.63) is 85.1 Å². The van der Waals surface area contributed by atoms with Gasteiger partial charge in [0.05, 0.1) is 39.9 Å². The summed E-state index contributed by atoms with van der Waals surface area (Å²) >= 11 is 0. The minimum atomic E-state index is -4.61. The molecule has 0 saturated heterocycles. The van der Waals surface area contributed by atoms with Crippen LogP contribution in [0.3, 0.4) is 0 Å². The number of quaternary nitrogens is 1. The van der Waals surface area contributed by atoms with Crippen LogP contribution in [0.4, 0.5) is 0 Å². The molecule has 0 fully saturated rings. The van der Waals surface area contributed by atoms with Gasteiger partial charge in [-0.1, -0.05) is 247 Å². The Morgan fingerprint density at radius 1 is 0.514 bits per heavy atom. The van der Waals surface area contributed by atoms with E-state index in [0.29, 0.717) is 17.4 Å². The molecule has 0 saturated carbocycles. The van der Waals surface area contributed by atoms with Gasteiger partial charge in [-0.2, -0.15) is 0 Å². The number of phosphoric ester groups is 1. The summed E-state index contributed by atoms with van der Waals surface area (Å²) in [6.45, 7) is 4.52. The van der Waals surface area contributed by atoms with E-state index in [4.69, 9.17) is 9.05 Å². The minimum absolute atomic E-state index is 0.0128. The van der Waals surface area contributed by atoms with Crippen LogP contribution in [-0.4, -0.2) is 68.5 Å². The van der Waals surface area contributed by atoms with Crippen molar-refractivity contribution in [1.29, 1.82) is 0 Å². The summed E-state index contributed by atoms with van der Waals surface area (Å²) < 4.78 is 23.3. The average molecular weight is 1000 g/mol. The lowest BCUT2D eigenvalue weighted by molar-refractivity contribution is -0.870. The van der Waals surface area contributed by atoms with Gasteiger partial charge in [-0.3, -0.25) is 9.36 Å². The number of carbonyl (C=O) groups is 1. The number of hydrogen-bond donors (Lipinski definition) is 2. The molecule has 1 amide bonds. The van der Waals surface area contributed by atoms with Crippen LogP contribution < -0.4 is 10.2 Å². The molecule has 0 spiro atoms. The maximum Gasteiger partial charge on any atom is 0.268 e. The lowest BCUT2D eigenvalue weighted by Gasteiger charge is -2.29. The normalized spacial score (nSPS) is 14.6. The van der Waals surface area contributed by atoms with Crippen LogP contribution in [0, 0.1) is 0 Å². The zero-order valence-electron chi connectivity index (χ0n) is 46.2. The Bertz CT molecular complexity index is 1410. The zero-order valence-corrected chi connectivity index (χ0v) is 47.1. The fourth-order valence-corrected chi connectivity index (χ4v) is 8.80. The first-order valence-corrected chi connectivity index (χ1v) is 30.4. The summed E-state index contributed by atoms with van der Waals surface area (Å²) in [5.74, 6) is -0.220. The van der Waals surface area contributed by atoms with Gasteiger partial charge in [-0.05, 0) is 77.0 Å². The number of aliphatic hydroxyl groups excluding tert-OH is 1. The first kappa shape index (κ1) is 67.7. The molecule has 8 nitrogen and oxygen atoms in total. The van der Waals surface area contributed by atoms with E-state index in [-0.39, 0.29) is 12.5 Å². The summed E-state index contributed by atoms with van der Waals surface area (Å²) in [6, 6.07) is -0.916. The van der Waals surface area contributed by atoms with Gasteiger partial charge < -0.3 is 28.8 Å². The van der Waals surface area contributed by atoms with Gasteiger partial charge in [0.1, 0.15) is 13.2 Å². The molecule has 0 aromatic heterocycles. The number of aliphatic hydroxyl groups is 1. The fraction of sp³-hybridized carbons (Fsp3) is 0.754. The molecule has 0 aromatic carbocycles. The number of rotatable bonds is 52. The Hall–Kier alpha value is -2.32. The van der Waals surface area contributed by atoms with E-state index in [2.05, 4.69) is 92.1 Å². The van der Waals surface area contributed by atoms with Crippen molar-refractivity contribution in [3.63, 3.8) is 0 Å². The number of likely N-dealkylation sites (N-methyl/N-ethyl adjacent to an activating group) is 1. The molecular weight excluding hydrogens is 888 g/mol. The van der Waals surface area contributed by atoms with E-state index in [9.17, 15) is 19.4 Å². The predicted octanol–water partition coefficient (Wildman–Crippen LogP) is 17.0. The van der Waals surface area contributed by atoms with Gasteiger partial charge in [0, 0.05) is 6.42 Å². The molecule has 0 aliphatic rings. The third-order valence-corrected chi connectivity index (χ3v) is 13.6. The second kappa shape index (κ2) is 51.6. The highest BCUT2D eigenvalue weighted by molar-refractivity contribution is 7.45. The first-order valence-electron chi connectivity index (χ1n) is 28.9. The van der Waals surface area contributed by atoms with E-state index in [0.717, 1.165) is 83.5 Å². The van der Waals surface area contributed by atoms with Crippen molar-refractivity contribution >= 4 is 13.7 Å². The van der Waals surface area contributed by atoms with Crippen molar-refractivity contribution in [3.8, 4) is 0 Å². The van der Waals surface area contributed by atoms with E-state index in [1.54, 1.807) is 6.08 Å². The molecule has 0 radical (unpaired) electrons. The third kappa shape index (κ3) is 53.5. The lowest BCUT2D eigenvalue weighted by Crippen LogP contribution is -2.45. The number of unbranched alkanes of at least 4 members (excludes halogenated alkanes) is 27. The number of carbonyl (C=O) groups excluding carboxylic acids is 1. The summed E-state index contributed by atoms with van der Waals surface area (Å²) in [5.41, 5.74) is 0. The molecule has 9 heteroatoms. The molecule has 0 aliphatic heterocycles. The predicted molar refractivity (Wildman–Crippen MR) is 302 cm³/mol. The van der Waals surface area contributed by atoms with Crippen molar-refractivity contribution in [2.45, 2.75) is 257 Å². The number of allylic oxidation sites excluding steroid dienone is 13. The largest absolute Gasteiger partial charge is 0.756 e. The monoisotopic (exact) mass is 999 g/mol. The quantitative estimate of drug-likeness (QED) is 0.0272. The van der Waals surface area contributed by atoms with Gasteiger partial charge in [0.25, 0.3) is 7.82 Å². The van der Waals surface area contributed by atoms with Crippen LogP contribution in [0.15, 0.2) is 85.1 Å². The molecule has 0 aliphatic carbocycles. The van der Waals surface area contributed by atoms with Gasteiger partial charge >= 0.3 is 0 Å². The fourth-order valence-electron chi connectivity index (χ4n) is 8.08. The Balaban J connectivity index is 4.30. The minimum Gasteiger partial charge on any atom is -0.756 e. The van der Waals surface area contributed by atoms with Gasteiger partial charge in [-0.15, -0.1) is 0 Å². The maximum atomic E-state index is 13.0. The highest BCUT2D eigenvalue weighted by Crippen LogP contribution is 2.38. The Morgan fingerprint density at radius 2 is 0.886 bits per heavy atom. The molecule has 0 heterocycles. The summed E-state index contributed by atoms with van der Waals surface area (Å²) in [4.78, 5) is 25.5. The molecule has 0 aromatic rings. The van der Waals surface area contributed by atoms with Crippen molar-refractivity contribution < 1.29 is 32.9 Å². The van der Waals surface area contributed by atoms with Crippen molar-refractivity contribution in [2.75, 3.05) is 40.9 Å². The number of nitrogens with one attached hydrogen (secondary N) is 1. The van der Waals surface area contributed by atoms with E-state index in [1.807, 2.05) is 27.2 Å². The molecule has 3 unspecified atom stereocenters. The molecule has 70 heavy (non-hydrogen) atoms. The Kier molecular flexibility index (Phi) is 49.9. The highest BCUT2D eigenvalue weighted by Gasteiger charge is 2.23. The van der Waals surface area contributed by atoms with E-state index >= 15 is 0 Å². The molecule has 406 valence electrons. The van der Waals surface area contributed by atoms with Crippen LogP contribution in [0.2, 0.25) is 0 Å². The van der Waals surface area contributed by atoms with Crippen LogP contribution in [0.5, 0.6) is 0 Å². The standard InChI is InChI=1S/C61H111N2O6P/c1-6-8-10-12-14-16-18-20-22-24-26-28-30-31-33-34-36-38-40-42-44-46-48-50-52-54-60(64)59(58-69-70(66,67)68-57-56-63(3,4)5)62-61(65)55-53-51-49-47-45-43-41-39-37-35-32-29-27-25-23-21-19-17-15-13-11-9-7-2/h9,11,15,17,21,23,27,29,35,37,44,46,52,54,59-60,64H,6-8,10,12-14,16,18-20,22,24-26,28,30-34,36,38-43,45,47-51,53,55-58H2,1-5H3,(H-,62,65,66,67)/b11-9-,17-15-,23-21-,29-27-,37-35-,46-44+,54-52+. The zero-order chi connectivity index (χ0) is 51.3. The smallest absolute Gasteiger partial charge is 0.268 e. The molecule has 0 bridgehead atoms. The first-order chi connectivity index (χ1) is 34.0. The van der Waals surface area contributed by atoms with Crippen molar-refractivity contribution in [1.82, 2.24) is 5.32 Å². The van der Waals surface area contributed by atoms with Gasteiger partial charge in [0.2, 0.25) is 5.91 Å². The lowest BCUT2D eigenvalue weighted by atomic mass is 10.0. The summed E-state index contributed by atoms with van der Waals surface area (Å²) in [5, 5.41) is 13.9. The molecule has 3 atom stereocenters. The van der Waals surface area contributed by atoms with Crippen LogP contribution >= 0.6 is 7.82 Å². The number of hydrogen-bond acceptors (Lipinski definition) is 6. The topological polar surface area (TPSA) is 108 Å². The van der Waals surface area contributed by atoms with Crippen LogP contribution in [0.1, 0.15) is 245 Å². The second-order valence-corrected chi connectivity index (χ2v) is 22.0. The Morgan fingerprint density at radius 3 is 1.33 bits per heavy atom. The maximum absolute atomic E-state index is 13.0. The van der Waals surface area contributed by atoms with E-state index < -0.39 is 26.6 Å². The molecular formula is C61H111N2O6P. The SMILES string of the molecule is CC/C=C\C/C=C\C/C=C\C/C=C\C/C=C\CCCCCCCCCC(=O)NC(COP(=O)([O-])OCC[N+](C)(C)C)C(O)/C=C/CC/C=C/CCCCCCCCCCCCCCCCCCCCC. The molecule has 2 N–H and O–H groups in total. The highest BCUT2D eigenvalue weighted by atomic mass is 31.2. The molecule has 0 rings (SSSR count). The summed E-state index contributed by atoms with van der Waals surface area (Å²) in [6.07, 6.45) is 72.3. The second-order valence-electron chi connectivity index (χ2n) is 20.6. The average Bonchev–Trinajstić information content (AvgIpc) is 3.32. The number of phosphoric acid groups is 1. The number of nitrogens with zero attached hydrogens (tertiary/aromatic N) is 1.